The van der Waals surface area contributed by atoms with Gasteiger partial charge in [-0.25, -0.2) is 4.98 Å². The van der Waals surface area contributed by atoms with E-state index in [4.69, 9.17) is 0 Å². The van der Waals surface area contributed by atoms with Crippen molar-refractivity contribution < 1.29 is 4.79 Å². The van der Waals surface area contributed by atoms with Gasteiger partial charge in [0.15, 0.2) is 5.82 Å². The summed E-state index contributed by atoms with van der Waals surface area (Å²) in [4.78, 5) is 15.4. The number of carbonyl (C=O) groups excluding carboxylic acids is 1. The van der Waals surface area contributed by atoms with E-state index in [0.29, 0.717) is 11.5 Å². The molecule has 0 spiro atoms. The summed E-state index contributed by atoms with van der Waals surface area (Å²) in [5, 5.41) is 15.7. The van der Waals surface area contributed by atoms with Crippen LogP contribution in [0.4, 0.5) is 0 Å². The molecule has 0 atom stereocenters. The molecule has 0 unspecified atom stereocenters. The van der Waals surface area contributed by atoms with Gasteiger partial charge in [0.05, 0.1) is 19.1 Å². The van der Waals surface area contributed by atoms with Crippen LogP contribution in [0.2, 0.25) is 0 Å². The fourth-order valence-corrected chi connectivity index (χ4v) is 1.08. The van der Waals surface area contributed by atoms with Crippen LogP contribution in [-0.4, -0.2) is 36.1 Å². The van der Waals surface area contributed by atoms with E-state index in [1.54, 1.807) is 17.9 Å². The second-order valence-electron chi connectivity index (χ2n) is 2.90. The average molecular weight is 207 g/mol. The molecule has 2 aromatic rings. The van der Waals surface area contributed by atoms with Crippen LogP contribution in [-0.2, 0) is 13.6 Å². The van der Waals surface area contributed by atoms with Crippen molar-refractivity contribution in [2.75, 3.05) is 0 Å². The van der Waals surface area contributed by atoms with Gasteiger partial charge in [0, 0.05) is 7.05 Å². The Bertz CT molecular complexity index is 446. The molecule has 2 N–H and O–H groups in total. The van der Waals surface area contributed by atoms with Crippen molar-refractivity contribution in [1.82, 2.24) is 35.5 Å². The summed E-state index contributed by atoms with van der Waals surface area (Å²) in [6.45, 7) is 0.237. The Morgan fingerprint density at radius 3 is 3.13 bits per heavy atom. The summed E-state index contributed by atoms with van der Waals surface area (Å²) in [6.07, 6.45) is 3.05. The predicted octanol–water partition coefficient (Wildman–Crippen LogP) is -1.14. The summed E-state index contributed by atoms with van der Waals surface area (Å²) in [5.74, 6) is 0.213. The molecule has 8 heteroatoms. The van der Waals surface area contributed by atoms with Crippen molar-refractivity contribution >= 4 is 5.91 Å². The summed E-state index contributed by atoms with van der Waals surface area (Å²) in [6, 6.07) is 0. The molecule has 0 radical (unpaired) electrons. The lowest BCUT2D eigenvalue weighted by atomic mass is 10.4. The van der Waals surface area contributed by atoms with Crippen LogP contribution in [0.5, 0.6) is 0 Å². The number of tetrazole rings is 1. The van der Waals surface area contributed by atoms with Crippen molar-refractivity contribution in [2.24, 2.45) is 7.05 Å². The molecule has 0 saturated carbocycles. The topological polar surface area (TPSA) is 101 Å². The van der Waals surface area contributed by atoms with Crippen molar-refractivity contribution in [3.05, 3.63) is 24.0 Å². The lowest BCUT2D eigenvalue weighted by molar-refractivity contribution is 0.0941. The van der Waals surface area contributed by atoms with Gasteiger partial charge in [-0.15, -0.1) is 10.2 Å². The molecular formula is C7H9N7O. The Kier molecular flexibility index (Phi) is 2.40. The summed E-state index contributed by atoms with van der Waals surface area (Å²) >= 11 is 0. The highest BCUT2D eigenvalue weighted by Gasteiger charge is 2.09. The van der Waals surface area contributed by atoms with Crippen LogP contribution in [0, 0.1) is 0 Å². The Morgan fingerprint density at radius 2 is 2.53 bits per heavy atom. The van der Waals surface area contributed by atoms with Gasteiger partial charge < -0.3 is 9.88 Å². The number of nitrogens with zero attached hydrogens (tertiary/aromatic N) is 5. The zero-order chi connectivity index (χ0) is 10.7. The highest BCUT2D eigenvalue weighted by Crippen LogP contribution is 1.96. The molecule has 78 valence electrons. The summed E-state index contributed by atoms with van der Waals surface area (Å²) < 4.78 is 1.63. The van der Waals surface area contributed by atoms with Gasteiger partial charge in [-0.2, -0.15) is 5.21 Å². The first-order chi connectivity index (χ1) is 7.27. The Hall–Kier alpha value is -2.25. The zero-order valence-electron chi connectivity index (χ0n) is 8.01. The van der Waals surface area contributed by atoms with Crippen molar-refractivity contribution in [3.63, 3.8) is 0 Å². The normalized spacial score (nSPS) is 10.2. The van der Waals surface area contributed by atoms with Gasteiger partial charge in [-0.1, -0.05) is 5.21 Å². The number of aryl methyl sites for hydroxylation is 1. The minimum absolute atomic E-state index is 0.222. The monoisotopic (exact) mass is 207 g/mol. The third kappa shape index (κ3) is 1.98. The van der Waals surface area contributed by atoms with E-state index < -0.39 is 0 Å². The van der Waals surface area contributed by atoms with Crippen LogP contribution in [0.25, 0.3) is 0 Å². The van der Waals surface area contributed by atoms with Gasteiger partial charge >= 0.3 is 0 Å². The lowest BCUT2D eigenvalue weighted by Crippen LogP contribution is -2.25. The average Bonchev–Trinajstić information content (AvgIpc) is 2.84. The van der Waals surface area contributed by atoms with Gasteiger partial charge in [-0.3, -0.25) is 4.79 Å². The summed E-state index contributed by atoms with van der Waals surface area (Å²) in [7, 11) is 1.75. The van der Waals surface area contributed by atoms with Crippen LogP contribution < -0.4 is 5.32 Å². The quantitative estimate of drug-likeness (QED) is 0.662. The maximum Gasteiger partial charge on any atom is 0.269 e. The van der Waals surface area contributed by atoms with Gasteiger partial charge in [0.2, 0.25) is 0 Å². The van der Waals surface area contributed by atoms with E-state index >= 15 is 0 Å². The number of carbonyl (C=O) groups is 1. The van der Waals surface area contributed by atoms with E-state index in [2.05, 4.69) is 30.9 Å². The Balaban J connectivity index is 1.96. The van der Waals surface area contributed by atoms with Crippen molar-refractivity contribution in [3.8, 4) is 0 Å². The van der Waals surface area contributed by atoms with E-state index in [9.17, 15) is 4.79 Å². The van der Waals surface area contributed by atoms with Gasteiger partial charge in [-0.05, 0) is 0 Å². The number of hydrogen-bond acceptors (Lipinski definition) is 5. The SMILES string of the molecule is Cn1cncc1C(=O)NCc1nn[nH]n1. The molecule has 15 heavy (non-hydrogen) atoms. The fraction of sp³-hybridized carbons (Fsp3) is 0.286. The molecule has 2 aromatic heterocycles. The number of imidazole rings is 1. The number of amides is 1. The van der Waals surface area contributed by atoms with Crippen LogP contribution in [0.3, 0.4) is 0 Å². The van der Waals surface area contributed by atoms with Crippen LogP contribution in [0.15, 0.2) is 12.5 Å². The smallest absolute Gasteiger partial charge is 0.269 e. The highest BCUT2D eigenvalue weighted by atomic mass is 16.1. The number of hydrogen-bond donors (Lipinski definition) is 2. The molecular weight excluding hydrogens is 198 g/mol. The molecule has 0 saturated heterocycles. The van der Waals surface area contributed by atoms with E-state index in [1.165, 1.54) is 6.20 Å². The first kappa shape index (κ1) is 9.31. The van der Waals surface area contributed by atoms with Crippen molar-refractivity contribution in [1.29, 1.82) is 0 Å². The largest absolute Gasteiger partial charge is 0.343 e. The second-order valence-corrected chi connectivity index (χ2v) is 2.90. The molecule has 2 heterocycles. The summed E-state index contributed by atoms with van der Waals surface area (Å²) in [5.41, 5.74) is 0.485. The molecule has 0 aliphatic heterocycles. The van der Waals surface area contributed by atoms with Crippen molar-refractivity contribution in [2.45, 2.75) is 6.54 Å². The molecule has 8 nitrogen and oxygen atoms in total. The molecule has 0 aromatic carbocycles. The second kappa shape index (κ2) is 3.86. The number of aromatic nitrogens is 6. The number of aromatic amines is 1. The fourth-order valence-electron chi connectivity index (χ4n) is 1.08. The predicted molar refractivity (Wildman–Crippen MR) is 48.6 cm³/mol. The first-order valence-corrected chi connectivity index (χ1v) is 4.24. The van der Waals surface area contributed by atoms with Crippen LogP contribution in [0.1, 0.15) is 16.3 Å². The van der Waals surface area contributed by atoms with Gasteiger partial charge in [0.25, 0.3) is 5.91 Å². The molecule has 0 aliphatic rings. The molecule has 2 rings (SSSR count). The standard InChI is InChI=1S/C7H9N7O/c1-14-4-8-2-5(14)7(15)9-3-6-10-12-13-11-6/h2,4H,3H2,1H3,(H,9,15)(H,10,11,12,13). The van der Waals surface area contributed by atoms with E-state index in [0.717, 1.165) is 0 Å². The maximum absolute atomic E-state index is 11.6. The first-order valence-electron chi connectivity index (χ1n) is 4.24. The number of nitrogens with one attached hydrogen (secondary N) is 2. The third-order valence-corrected chi connectivity index (χ3v) is 1.85. The van der Waals surface area contributed by atoms with Gasteiger partial charge in [0.1, 0.15) is 5.69 Å². The third-order valence-electron chi connectivity index (χ3n) is 1.85. The molecule has 0 bridgehead atoms. The zero-order valence-corrected chi connectivity index (χ0v) is 8.01. The number of rotatable bonds is 3. The molecule has 0 fully saturated rings. The van der Waals surface area contributed by atoms with E-state index in [-0.39, 0.29) is 12.5 Å². The Morgan fingerprint density at radius 1 is 1.67 bits per heavy atom. The molecule has 0 aliphatic carbocycles. The number of H-pyrrole nitrogens is 1. The van der Waals surface area contributed by atoms with Crippen LogP contribution >= 0.6 is 0 Å². The Labute approximate surface area is 84.7 Å². The van der Waals surface area contributed by atoms with E-state index in [1.807, 2.05) is 0 Å². The minimum Gasteiger partial charge on any atom is -0.343 e. The highest BCUT2D eigenvalue weighted by molar-refractivity contribution is 5.92. The maximum atomic E-state index is 11.6. The molecule has 1 amide bonds. The minimum atomic E-state index is -0.222. The lowest BCUT2D eigenvalue weighted by Gasteiger charge is -2.01.